The molecule has 0 aliphatic heterocycles. The summed E-state index contributed by atoms with van der Waals surface area (Å²) in [4.78, 5) is 31.4. The first-order valence-electron chi connectivity index (χ1n) is 9.60. The predicted molar refractivity (Wildman–Crippen MR) is 115 cm³/mol. The maximum atomic E-state index is 13.1. The van der Waals surface area contributed by atoms with Crippen molar-refractivity contribution in [2.75, 3.05) is 5.75 Å². The van der Waals surface area contributed by atoms with E-state index in [9.17, 15) is 9.59 Å². The summed E-state index contributed by atoms with van der Waals surface area (Å²) in [6.07, 6.45) is 4.25. The standard InChI is InChI=1S/C21H23N3O2S2/c1-14(18-11-6-12-27-18)22-19(25)13-28-21-23-17-10-5-4-9-16(17)20(26)24(21)15-7-2-3-8-15/h4-6,9-12,14-15H,2-3,7-8,13H2,1H3,(H,22,25)/t14-/m0/s1. The van der Waals surface area contributed by atoms with Gasteiger partial charge in [-0.1, -0.05) is 42.8 Å². The highest BCUT2D eigenvalue weighted by atomic mass is 32.2. The van der Waals surface area contributed by atoms with Gasteiger partial charge in [0.15, 0.2) is 5.16 Å². The van der Waals surface area contributed by atoms with E-state index in [4.69, 9.17) is 4.98 Å². The van der Waals surface area contributed by atoms with Crippen molar-refractivity contribution in [2.45, 2.75) is 49.8 Å². The number of para-hydroxylation sites is 1. The molecule has 1 aromatic carbocycles. The zero-order valence-corrected chi connectivity index (χ0v) is 17.4. The molecular weight excluding hydrogens is 390 g/mol. The second-order valence-corrected chi connectivity index (χ2v) is 9.04. The molecule has 2 aromatic heterocycles. The Morgan fingerprint density at radius 2 is 2.07 bits per heavy atom. The SMILES string of the molecule is C[C@H](NC(=O)CSc1nc2ccccc2c(=O)n1C1CCCC1)c1cccs1. The molecule has 1 fully saturated rings. The number of benzene rings is 1. The number of thiophene rings is 1. The second kappa shape index (κ2) is 8.49. The van der Waals surface area contributed by atoms with Gasteiger partial charge in [0.05, 0.1) is 22.7 Å². The summed E-state index contributed by atoms with van der Waals surface area (Å²) < 4.78 is 1.83. The van der Waals surface area contributed by atoms with Crippen LogP contribution in [0.5, 0.6) is 0 Å². The first-order chi connectivity index (χ1) is 13.6. The van der Waals surface area contributed by atoms with Crippen molar-refractivity contribution in [3.63, 3.8) is 0 Å². The minimum atomic E-state index is -0.0497. The molecule has 1 amide bonds. The lowest BCUT2D eigenvalue weighted by Gasteiger charge is -2.19. The van der Waals surface area contributed by atoms with Gasteiger partial charge in [0, 0.05) is 10.9 Å². The number of nitrogens with zero attached hydrogens (tertiary/aromatic N) is 2. The molecule has 4 rings (SSSR count). The molecule has 146 valence electrons. The maximum absolute atomic E-state index is 13.1. The highest BCUT2D eigenvalue weighted by Gasteiger charge is 2.23. The Balaban J connectivity index is 1.56. The summed E-state index contributed by atoms with van der Waals surface area (Å²) in [5, 5.41) is 6.33. The van der Waals surface area contributed by atoms with Crippen molar-refractivity contribution in [1.29, 1.82) is 0 Å². The average Bonchev–Trinajstić information content (AvgIpc) is 3.40. The van der Waals surface area contributed by atoms with E-state index in [1.165, 1.54) is 11.8 Å². The van der Waals surface area contributed by atoms with Gasteiger partial charge in [0.25, 0.3) is 5.56 Å². The van der Waals surface area contributed by atoms with Gasteiger partial charge in [0.2, 0.25) is 5.91 Å². The molecule has 1 aliphatic rings. The Labute approximate surface area is 172 Å². The van der Waals surface area contributed by atoms with E-state index in [1.807, 2.05) is 53.3 Å². The van der Waals surface area contributed by atoms with E-state index >= 15 is 0 Å². The van der Waals surface area contributed by atoms with Crippen LogP contribution in [0, 0.1) is 0 Å². The first kappa shape index (κ1) is 19.2. The van der Waals surface area contributed by atoms with Crippen LogP contribution in [0.1, 0.15) is 49.6 Å². The van der Waals surface area contributed by atoms with Crippen molar-refractivity contribution in [3.05, 3.63) is 57.0 Å². The summed E-state index contributed by atoms with van der Waals surface area (Å²) in [5.41, 5.74) is 0.698. The quantitative estimate of drug-likeness (QED) is 0.476. The number of aromatic nitrogens is 2. The van der Waals surface area contributed by atoms with Crippen LogP contribution in [-0.2, 0) is 4.79 Å². The zero-order valence-electron chi connectivity index (χ0n) is 15.8. The normalized spacial score (nSPS) is 15.8. The van der Waals surface area contributed by atoms with E-state index in [0.29, 0.717) is 16.1 Å². The molecule has 28 heavy (non-hydrogen) atoms. The number of fused-ring (bicyclic) bond motifs is 1. The molecule has 0 spiro atoms. The van der Waals surface area contributed by atoms with Crippen LogP contribution in [-0.4, -0.2) is 21.2 Å². The minimum absolute atomic E-state index is 0.00682. The Morgan fingerprint density at radius 3 is 2.82 bits per heavy atom. The van der Waals surface area contributed by atoms with Crippen LogP contribution in [0.15, 0.2) is 51.7 Å². The maximum Gasteiger partial charge on any atom is 0.262 e. The molecule has 3 aromatic rings. The van der Waals surface area contributed by atoms with Crippen LogP contribution in [0.2, 0.25) is 0 Å². The Morgan fingerprint density at radius 1 is 1.29 bits per heavy atom. The topological polar surface area (TPSA) is 64.0 Å². The van der Waals surface area contributed by atoms with Gasteiger partial charge in [-0.05, 0) is 43.3 Å². The lowest BCUT2D eigenvalue weighted by molar-refractivity contribution is -0.119. The molecule has 0 unspecified atom stereocenters. The van der Waals surface area contributed by atoms with E-state index in [0.717, 1.165) is 30.6 Å². The summed E-state index contributed by atoms with van der Waals surface area (Å²) in [6, 6.07) is 11.6. The lowest BCUT2D eigenvalue weighted by atomic mass is 10.2. The van der Waals surface area contributed by atoms with Gasteiger partial charge >= 0.3 is 0 Å². The summed E-state index contributed by atoms with van der Waals surface area (Å²) in [5.74, 6) is 0.194. The minimum Gasteiger partial charge on any atom is -0.348 e. The van der Waals surface area contributed by atoms with Crippen molar-refractivity contribution in [2.24, 2.45) is 0 Å². The zero-order chi connectivity index (χ0) is 19.5. The first-order valence-corrected chi connectivity index (χ1v) is 11.5. The third kappa shape index (κ3) is 4.00. The van der Waals surface area contributed by atoms with E-state index in [1.54, 1.807) is 11.3 Å². The number of amides is 1. The molecule has 1 saturated carbocycles. The largest absolute Gasteiger partial charge is 0.348 e. The fourth-order valence-corrected chi connectivity index (χ4v) is 5.35. The number of thioether (sulfide) groups is 1. The molecule has 0 saturated heterocycles. The summed E-state index contributed by atoms with van der Waals surface area (Å²) >= 11 is 2.98. The smallest absolute Gasteiger partial charge is 0.262 e. The van der Waals surface area contributed by atoms with Crippen molar-refractivity contribution in [3.8, 4) is 0 Å². The molecule has 5 nitrogen and oxygen atoms in total. The highest BCUT2D eigenvalue weighted by molar-refractivity contribution is 7.99. The molecule has 1 atom stereocenters. The summed E-state index contributed by atoms with van der Waals surface area (Å²) in [7, 11) is 0. The number of nitrogens with one attached hydrogen (secondary N) is 1. The van der Waals surface area contributed by atoms with E-state index in [-0.39, 0.29) is 29.3 Å². The van der Waals surface area contributed by atoms with Crippen LogP contribution in [0.3, 0.4) is 0 Å². The molecular formula is C21H23N3O2S2. The Kier molecular flexibility index (Phi) is 5.82. The molecule has 7 heteroatoms. The van der Waals surface area contributed by atoms with Gasteiger partial charge in [0.1, 0.15) is 0 Å². The second-order valence-electron chi connectivity index (χ2n) is 7.12. The number of rotatable bonds is 6. The van der Waals surface area contributed by atoms with Gasteiger partial charge in [-0.2, -0.15) is 0 Å². The molecule has 0 bridgehead atoms. The van der Waals surface area contributed by atoms with Crippen LogP contribution < -0.4 is 10.9 Å². The number of carbonyl (C=O) groups is 1. The van der Waals surface area contributed by atoms with E-state index < -0.39 is 0 Å². The highest BCUT2D eigenvalue weighted by Crippen LogP contribution is 2.32. The van der Waals surface area contributed by atoms with Crippen molar-refractivity contribution in [1.82, 2.24) is 14.9 Å². The molecule has 2 heterocycles. The number of hydrogen-bond donors (Lipinski definition) is 1. The average molecular weight is 414 g/mol. The van der Waals surface area contributed by atoms with Crippen LogP contribution >= 0.6 is 23.1 Å². The van der Waals surface area contributed by atoms with Crippen molar-refractivity contribution < 1.29 is 4.79 Å². The Bertz CT molecular complexity index is 1020. The molecule has 1 aliphatic carbocycles. The monoisotopic (exact) mass is 413 g/mol. The van der Waals surface area contributed by atoms with Gasteiger partial charge in [-0.15, -0.1) is 11.3 Å². The van der Waals surface area contributed by atoms with E-state index in [2.05, 4.69) is 5.32 Å². The number of hydrogen-bond acceptors (Lipinski definition) is 5. The predicted octanol–water partition coefficient (Wildman–Crippen LogP) is 4.54. The Hall–Kier alpha value is -2.12. The molecule has 1 N–H and O–H groups in total. The third-order valence-electron chi connectivity index (χ3n) is 5.15. The van der Waals surface area contributed by atoms with Gasteiger partial charge in [-0.25, -0.2) is 4.98 Å². The van der Waals surface area contributed by atoms with Crippen LogP contribution in [0.4, 0.5) is 0 Å². The fourth-order valence-electron chi connectivity index (χ4n) is 3.73. The van der Waals surface area contributed by atoms with Crippen molar-refractivity contribution >= 4 is 39.9 Å². The third-order valence-corrected chi connectivity index (χ3v) is 7.15. The number of carbonyl (C=O) groups excluding carboxylic acids is 1. The lowest BCUT2D eigenvalue weighted by Crippen LogP contribution is -2.29. The summed E-state index contributed by atoms with van der Waals surface area (Å²) in [6.45, 7) is 1.98. The fraction of sp³-hybridized carbons (Fsp3) is 0.381. The van der Waals surface area contributed by atoms with Gasteiger partial charge < -0.3 is 5.32 Å². The van der Waals surface area contributed by atoms with Crippen LogP contribution in [0.25, 0.3) is 10.9 Å². The molecule has 0 radical (unpaired) electrons. The van der Waals surface area contributed by atoms with Gasteiger partial charge in [-0.3, -0.25) is 14.2 Å².